The minimum absolute atomic E-state index is 0.157. The van der Waals surface area contributed by atoms with Crippen LogP contribution >= 0.6 is 15.9 Å². The Bertz CT molecular complexity index is 797. The molecule has 21 heavy (non-hydrogen) atoms. The molecule has 0 radical (unpaired) electrons. The quantitative estimate of drug-likeness (QED) is 0.748. The maximum absolute atomic E-state index is 14.0. The highest BCUT2D eigenvalue weighted by Crippen LogP contribution is 2.28. The molecule has 0 aliphatic heterocycles. The summed E-state index contributed by atoms with van der Waals surface area (Å²) >= 11 is 3.05. The summed E-state index contributed by atoms with van der Waals surface area (Å²) in [7, 11) is 0. The number of pyridine rings is 1. The molecular formula is C16H11BrF2N2. The predicted octanol–water partition coefficient (Wildman–Crippen LogP) is 4.32. The number of rotatable bonds is 2. The Morgan fingerprint density at radius 3 is 2.43 bits per heavy atom. The first-order valence-corrected chi connectivity index (χ1v) is 7.10. The van der Waals surface area contributed by atoms with Crippen LogP contribution in [-0.2, 0) is 0 Å². The SMILES string of the molecule is NC(c1cnc2ccccc2c1)c1c(F)cc(Br)cc1F. The molecule has 3 aromatic rings. The molecule has 2 nitrogen and oxygen atoms in total. The van der Waals surface area contributed by atoms with Gasteiger partial charge in [0.1, 0.15) is 11.6 Å². The summed E-state index contributed by atoms with van der Waals surface area (Å²) in [6.07, 6.45) is 1.55. The van der Waals surface area contributed by atoms with Crippen molar-refractivity contribution in [1.82, 2.24) is 4.98 Å². The average Bonchev–Trinajstić information content (AvgIpc) is 2.45. The summed E-state index contributed by atoms with van der Waals surface area (Å²) < 4.78 is 28.3. The largest absolute Gasteiger partial charge is 0.320 e. The average molecular weight is 349 g/mol. The van der Waals surface area contributed by atoms with Gasteiger partial charge < -0.3 is 5.73 Å². The molecule has 1 aromatic heterocycles. The molecule has 3 rings (SSSR count). The van der Waals surface area contributed by atoms with E-state index < -0.39 is 17.7 Å². The van der Waals surface area contributed by atoms with Gasteiger partial charge in [0.15, 0.2) is 0 Å². The first-order valence-electron chi connectivity index (χ1n) is 6.31. The highest BCUT2D eigenvalue weighted by Gasteiger charge is 2.19. The van der Waals surface area contributed by atoms with Gasteiger partial charge in [0, 0.05) is 21.6 Å². The molecule has 0 amide bonds. The van der Waals surface area contributed by atoms with E-state index >= 15 is 0 Å². The Morgan fingerprint density at radius 1 is 1.05 bits per heavy atom. The smallest absolute Gasteiger partial charge is 0.132 e. The molecule has 0 spiro atoms. The van der Waals surface area contributed by atoms with E-state index in [0.717, 1.165) is 10.9 Å². The lowest BCUT2D eigenvalue weighted by Crippen LogP contribution is -2.16. The topological polar surface area (TPSA) is 38.9 Å². The minimum atomic E-state index is -0.907. The van der Waals surface area contributed by atoms with E-state index in [1.165, 1.54) is 12.1 Å². The number of fused-ring (bicyclic) bond motifs is 1. The van der Waals surface area contributed by atoms with Crippen molar-refractivity contribution >= 4 is 26.8 Å². The van der Waals surface area contributed by atoms with Crippen molar-refractivity contribution in [3.63, 3.8) is 0 Å². The van der Waals surface area contributed by atoms with Gasteiger partial charge in [0.2, 0.25) is 0 Å². The zero-order valence-corrected chi connectivity index (χ0v) is 12.4. The van der Waals surface area contributed by atoms with Gasteiger partial charge in [-0.05, 0) is 29.8 Å². The van der Waals surface area contributed by atoms with Gasteiger partial charge in [-0.2, -0.15) is 0 Å². The van der Waals surface area contributed by atoms with E-state index in [1.807, 2.05) is 24.3 Å². The van der Waals surface area contributed by atoms with Crippen LogP contribution < -0.4 is 5.73 Å². The maximum Gasteiger partial charge on any atom is 0.132 e. The molecule has 1 unspecified atom stereocenters. The fourth-order valence-electron chi connectivity index (χ4n) is 2.28. The zero-order valence-electron chi connectivity index (χ0n) is 10.9. The lowest BCUT2D eigenvalue weighted by molar-refractivity contribution is 0.542. The molecule has 1 atom stereocenters. The number of para-hydroxylation sites is 1. The first-order chi connectivity index (χ1) is 10.1. The molecule has 0 aliphatic carbocycles. The van der Waals surface area contributed by atoms with Crippen LogP contribution in [0.25, 0.3) is 10.9 Å². The lowest BCUT2D eigenvalue weighted by Gasteiger charge is -2.15. The molecule has 1 heterocycles. The highest BCUT2D eigenvalue weighted by molar-refractivity contribution is 9.10. The Balaban J connectivity index is 2.10. The minimum Gasteiger partial charge on any atom is -0.320 e. The lowest BCUT2D eigenvalue weighted by atomic mass is 9.99. The summed E-state index contributed by atoms with van der Waals surface area (Å²) in [4.78, 5) is 4.27. The van der Waals surface area contributed by atoms with E-state index in [1.54, 1.807) is 12.3 Å². The van der Waals surface area contributed by atoms with E-state index in [0.29, 0.717) is 10.0 Å². The molecule has 0 saturated heterocycles. The summed E-state index contributed by atoms with van der Waals surface area (Å²) in [5.74, 6) is -1.36. The number of nitrogens with zero attached hydrogens (tertiary/aromatic N) is 1. The fourth-order valence-corrected chi connectivity index (χ4v) is 2.68. The van der Waals surface area contributed by atoms with Crippen LogP contribution in [0.3, 0.4) is 0 Å². The molecule has 106 valence electrons. The van der Waals surface area contributed by atoms with Crippen LogP contribution in [0.1, 0.15) is 17.2 Å². The van der Waals surface area contributed by atoms with Crippen LogP contribution in [0.15, 0.2) is 53.1 Å². The summed E-state index contributed by atoms with van der Waals surface area (Å²) in [5.41, 5.74) is 7.24. The predicted molar refractivity (Wildman–Crippen MR) is 81.8 cm³/mol. The van der Waals surface area contributed by atoms with Gasteiger partial charge >= 0.3 is 0 Å². The van der Waals surface area contributed by atoms with E-state index in [9.17, 15) is 8.78 Å². The zero-order chi connectivity index (χ0) is 15.0. The molecule has 2 aromatic carbocycles. The van der Waals surface area contributed by atoms with Gasteiger partial charge in [0.25, 0.3) is 0 Å². The maximum atomic E-state index is 14.0. The third kappa shape index (κ3) is 2.66. The van der Waals surface area contributed by atoms with Crippen molar-refractivity contribution in [1.29, 1.82) is 0 Å². The van der Waals surface area contributed by atoms with Crippen LogP contribution in [0.5, 0.6) is 0 Å². The number of hydrogen-bond acceptors (Lipinski definition) is 2. The molecule has 2 N–H and O–H groups in total. The Labute approximate surface area is 128 Å². The Kier molecular flexibility index (Phi) is 3.69. The summed E-state index contributed by atoms with van der Waals surface area (Å²) in [6.45, 7) is 0. The van der Waals surface area contributed by atoms with E-state index in [-0.39, 0.29) is 5.56 Å². The van der Waals surface area contributed by atoms with Crippen molar-refractivity contribution < 1.29 is 8.78 Å². The van der Waals surface area contributed by atoms with Crippen molar-refractivity contribution in [3.05, 3.63) is 75.9 Å². The molecule has 0 saturated carbocycles. The number of benzene rings is 2. The fraction of sp³-hybridized carbons (Fsp3) is 0.0625. The number of aromatic nitrogens is 1. The van der Waals surface area contributed by atoms with E-state index in [4.69, 9.17) is 5.73 Å². The van der Waals surface area contributed by atoms with Gasteiger partial charge in [-0.25, -0.2) is 8.78 Å². The van der Waals surface area contributed by atoms with Crippen LogP contribution in [0.2, 0.25) is 0 Å². The van der Waals surface area contributed by atoms with Gasteiger partial charge in [-0.15, -0.1) is 0 Å². The molecule has 5 heteroatoms. The van der Waals surface area contributed by atoms with Crippen LogP contribution in [0, 0.1) is 11.6 Å². The first kappa shape index (κ1) is 14.1. The van der Waals surface area contributed by atoms with Crippen LogP contribution in [0.4, 0.5) is 8.78 Å². The highest BCUT2D eigenvalue weighted by atomic mass is 79.9. The normalized spacial score (nSPS) is 12.6. The number of halogens is 3. The molecule has 0 fully saturated rings. The molecule has 0 aliphatic rings. The number of hydrogen-bond donors (Lipinski definition) is 1. The van der Waals surface area contributed by atoms with Crippen molar-refractivity contribution in [2.75, 3.05) is 0 Å². The third-order valence-corrected chi connectivity index (χ3v) is 3.78. The van der Waals surface area contributed by atoms with E-state index in [2.05, 4.69) is 20.9 Å². The van der Waals surface area contributed by atoms with Crippen LogP contribution in [-0.4, -0.2) is 4.98 Å². The standard InChI is InChI=1S/C16H11BrF2N2/c17-11-6-12(18)15(13(19)7-11)16(20)10-5-9-3-1-2-4-14(9)21-8-10/h1-8,16H,20H2. The summed E-state index contributed by atoms with van der Waals surface area (Å²) in [5, 5.41) is 0.878. The second kappa shape index (κ2) is 5.50. The Morgan fingerprint density at radius 2 is 1.71 bits per heavy atom. The Hall–Kier alpha value is -1.85. The second-order valence-electron chi connectivity index (χ2n) is 4.72. The van der Waals surface area contributed by atoms with Crippen molar-refractivity contribution in [3.8, 4) is 0 Å². The number of nitrogens with two attached hydrogens (primary N) is 1. The van der Waals surface area contributed by atoms with Crippen molar-refractivity contribution in [2.45, 2.75) is 6.04 Å². The second-order valence-corrected chi connectivity index (χ2v) is 5.64. The molecular weight excluding hydrogens is 338 g/mol. The van der Waals surface area contributed by atoms with Gasteiger partial charge in [-0.3, -0.25) is 4.98 Å². The molecule has 0 bridgehead atoms. The van der Waals surface area contributed by atoms with Gasteiger partial charge in [-0.1, -0.05) is 34.1 Å². The van der Waals surface area contributed by atoms with Gasteiger partial charge in [0.05, 0.1) is 11.6 Å². The summed E-state index contributed by atoms with van der Waals surface area (Å²) in [6, 6.07) is 10.8. The monoisotopic (exact) mass is 348 g/mol. The van der Waals surface area contributed by atoms with Crippen molar-refractivity contribution in [2.24, 2.45) is 5.73 Å². The third-order valence-electron chi connectivity index (χ3n) is 3.33.